The van der Waals surface area contributed by atoms with Crippen LogP contribution in [-0.2, 0) is 16.2 Å². The fraction of sp³-hybridized carbons (Fsp3) is 0.238. The largest absolute Gasteiger partial charge is 0.484 e. The Labute approximate surface area is 178 Å². The van der Waals surface area contributed by atoms with Gasteiger partial charge in [-0.15, -0.1) is 10.2 Å². The summed E-state index contributed by atoms with van der Waals surface area (Å²) in [6.07, 6.45) is 0.0757. The van der Waals surface area contributed by atoms with Gasteiger partial charge in [0.15, 0.2) is 6.61 Å². The number of ether oxygens (including phenoxy) is 1. The van der Waals surface area contributed by atoms with E-state index in [0.717, 1.165) is 17.3 Å². The molecule has 0 saturated heterocycles. The topological polar surface area (TPSA) is 112 Å². The molecule has 3 rings (SSSR count). The number of anilines is 1. The average molecular weight is 426 g/mol. The molecule has 0 atom stereocenters. The molecule has 0 spiro atoms. The van der Waals surface area contributed by atoms with Crippen molar-refractivity contribution >= 4 is 29.3 Å². The number of amides is 2. The normalized spacial score (nSPS) is 10.6. The summed E-state index contributed by atoms with van der Waals surface area (Å²) in [7, 11) is 0. The monoisotopic (exact) mass is 426 g/mol. The van der Waals surface area contributed by atoms with Gasteiger partial charge in [-0.2, -0.15) is 0 Å². The van der Waals surface area contributed by atoms with Crippen molar-refractivity contribution in [1.29, 1.82) is 0 Å². The third-order valence-corrected chi connectivity index (χ3v) is 4.87. The Morgan fingerprint density at radius 1 is 1.13 bits per heavy atom. The number of hydrogen-bond acceptors (Lipinski definition) is 7. The van der Waals surface area contributed by atoms with E-state index in [0.29, 0.717) is 17.3 Å². The fourth-order valence-electron chi connectivity index (χ4n) is 2.63. The summed E-state index contributed by atoms with van der Waals surface area (Å²) in [5.74, 6) is 0.453. The highest BCUT2D eigenvalue weighted by molar-refractivity contribution is 7.99. The van der Waals surface area contributed by atoms with E-state index in [2.05, 4.69) is 10.2 Å². The van der Waals surface area contributed by atoms with E-state index >= 15 is 0 Å². The molecule has 30 heavy (non-hydrogen) atoms. The maximum atomic E-state index is 12.7. The van der Waals surface area contributed by atoms with Gasteiger partial charge in [-0.3, -0.25) is 9.59 Å². The van der Waals surface area contributed by atoms with Gasteiger partial charge >= 0.3 is 0 Å². The first-order valence-electron chi connectivity index (χ1n) is 9.29. The van der Waals surface area contributed by atoms with Crippen LogP contribution in [0.2, 0.25) is 0 Å². The highest BCUT2D eigenvalue weighted by Gasteiger charge is 2.18. The molecule has 0 aliphatic heterocycles. The molecular formula is C21H22N4O4S. The molecule has 3 aromatic rings. The number of aryl methyl sites for hydroxylation is 1. The van der Waals surface area contributed by atoms with Crippen LogP contribution in [-0.4, -0.2) is 34.3 Å². The predicted octanol–water partition coefficient (Wildman–Crippen LogP) is 2.96. The van der Waals surface area contributed by atoms with Crippen LogP contribution in [0, 0.1) is 6.92 Å². The first-order valence-corrected chi connectivity index (χ1v) is 10.3. The molecule has 1 aromatic heterocycles. The number of aromatic nitrogens is 2. The Morgan fingerprint density at radius 3 is 2.67 bits per heavy atom. The summed E-state index contributed by atoms with van der Waals surface area (Å²) in [6, 6.07) is 16.8. The lowest BCUT2D eigenvalue weighted by atomic mass is 10.2. The van der Waals surface area contributed by atoms with Crippen molar-refractivity contribution in [2.24, 2.45) is 5.73 Å². The number of hydrogen-bond donors (Lipinski definition) is 1. The van der Waals surface area contributed by atoms with Crippen LogP contribution in [0.5, 0.6) is 5.75 Å². The number of rotatable bonds is 10. The van der Waals surface area contributed by atoms with Gasteiger partial charge in [-0.05, 0) is 36.8 Å². The Morgan fingerprint density at radius 2 is 1.93 bits per heavy atom. The van der Waals surface area contributed by atoms with Crippen LogP contribution in [0.25, 0.3) is 0 Å². The quantitative estimate of drug-likeness (QED) is 0.496. The van der Waals surface area contributed by atoms with Crippen molar-refractivity contribution in [2.75, 3.05) is 17.2 Å². The van der Waals surface area contributed by atoms with Crippen molar-refractivity contribution in [2.45, 2.75) is 25.2 Å². The van der Waals surface area contributed by atoms with Gasteiger partial charge in [-0.25, -0.2) is 0 Å². The molecular weight excluding hydrogens is 404 g/mol. The van der Waals surface area contributed by atoms with E-state index in [9.17, 15) is 9.59 Å². The Hall–Kier alpha value is -3.33. The zero-order valence-corrected chi connectivity index (χ0v) is 17.3. The second kappa shape index (κ2) is 10.4. The molecule has 2 N–H and O–H groups in total. The van der Waals surface area contributed by atoms with Crippen molar-refractivity contribution in [1.82, 2.24) is 10.2 Å². The standard InChI is InChI=1S/C21H22N4O4S/c1-15-6-5-9-17(12-15)28-13-19-23-24-21(29-19)30-14-20(27)25(11-10-18(22)26)16-7-3-2-4-8-16/h2-9,12H,10-11,13-14H2,1H3,(H2,22,26). The molecule has 8 nitrogen and oxygen atoms in total. The lowest BCUT2D eigenvalue weighted by molar-refractivity contribution is -0.118. The highest BCUT2D eigenvalue weighted by atomic mass is 32.2. The second-order valence-electron chi connectivity index (χ2n) is 6.45. The van der Waals surface area contributed by atoms with Gasteiger partial charge in [0.2, 0.25) is 11.8 Å². The van der Waals surface area contributed by atoms with Crippen molar-refractivity contribution in [3.63, 3.8) is 0 Å². The minimum absolute atomic E-state index is 0.0757. The summed E-state index contributed by atoms with van der Waals surface area (Å²) in [5.41, 5.74) is 7.02. The van der Waals surface area contributed by atoms with Crippen LogP contribution in [0.15, 0.2) is 64.2 Å². The molecule has 0 aliphatic carbocycles. The number of carbonyl (C=O) groups is 2. The van der Waals surface area contributed by atoms with E-state index in [-0.39, 0.29) is 36.5 Å². The average Bonchev–Trinajstić information content (AvgIpc) is 3.19. The summed E-state index contributed by atoms with van der Waals surface area (Å²) in [5, 5.41) is 8.16. The molecule has 2 aromatic carbocycles. The van der Waals surface area contributed by atoms with Crippen LogP contribution < -0.4 is 15.4 Å². The SMILES string of the molecule is Cc1cccc(OCc2nnc(SCC(=O)N(CCC(N)=O)c3ccccc3)o2)c1. The molecule has 0 unspecified atom stereocenters. The molecule has 9 heteroatoms. The van der Waals surface area contributed by atoms with Gasteiger partial charge in [0.1, 0.15) is 5.75 Å². The molecule has 0 radical (unpaired) electrons. The molecule has 1 heterocycles. The summed E-state index contributed by atoms with van der Waals surface area (Å²) >= 11 is 1.13. The van der Waals surface area contributed by atoms with Crippen LogP contribution in [0.1, 0.15) is 17.9 Å². The van der Waals surface area contributed by atoms with E-state index in [4.69, 9.17) is 14.9 Å². The van der Waals surface area contributed by atoms with Gasteiger partial charge in [0.05, 0.1) is 5.75 Å². The lowest BCUT2D eigenvalue weighted by Crippen LogP contribution is -2.35. The summed E-state index contributed by atoms with van der Waals surface area (Å²) in [6.45, 7) is 2.32. The molecule has 0 aliphatic rings. The maximum absolute atomic E-state index is 12.7. The van der Waals surface area contributed by atoms with Gasteiger partial charge in [-0.1, -0.05) is 42.1 Å². The van der Waals surface area contributed by atoms with Crippen LogP contribution >= 0.6 is 11.8 Å². The number of primary amides is 1. The third kappa shape index (κ3) is 6.35. The first kappa shape index (κ1) is 21.4. The van der Waals surface area contributed by atoms with E-state index in [1.165, 1.54) is 4.90 Å². The molecule has 2 amide bonds. The van der Waals surface area contributed by atoms with E-state index in [1.807, 2.05) is 49.4 Å². The molecule has 156 valence electrons. The third-order valence-electron chi connectivity index (χ3n) is 4.07. The number of carbonyl (C=O) groups excluding carboxylic acids is 2. The molecule has 0 saturated carbocycles. The van der Waals surface area contributed by atoms with Crippen molar-refractivity contribution in [3.05, 3.63) is 66.1 Å². The smallest absolute Gasteiger partial charge is 0.277 e. The number of thioether (sulfide) groups is 1. The summed E-state index contributed by atoms with van der Waals surface area (Å²) < 4.78 is 11.2. The lowest BCUT2D eigenvalue weighted by Gasteiger charge is -2.21. The maximum Gasteiger partial charge on any atom is 0.277 e. The number of nitrogens with zero attached hydrogens (tertiary/aromatic N) is 3. The van der Waals surface area contributed by atoms with Crippen molar-refractivity contribution in [3.8, 4) is 5.75 Å². The van der Waals surface area contributed by atoms with E-state index in [1.54, 1.807) is 12.1 Å². The minimum Gasteiger partial charge on any atom is -0.484 e. The fourth-order valence-corrected chi connectivity index (χ4v) is 3.29. The molecule has 0 fully saturated rings. The zero-order valence-electron chi connectivity index (χ0n) is 16.5. The number of para-hydroxylation sites is 1. The van der Waals surface area contributed by atoms with Crippen molar-refractivity contribution < 1.29 is 18.7 Å². The van der Waals surface area contributed by atoms with Crippen LogP contribution in [0.4, 0.5) is 5.69 Å². The predicted molar refractivity (Wildman–Crippen MR) is 113 cm³/mol. The highest BCUT2D eigenvalue weighted by Crippen LogP contribution is 2.21. The van der Waals surface area contributed by atoms with Crippen LogP contribution in [0.3, 0.4) is 0 Å². The first-order chi connectivity index (χ1) is 14.5. The van der Waals surface area contributed by atoms with Gasteiger partial charge in [0, 0.05) is 18.7 Å². The number of nitrogens with two attached hydrogens (primary N) is 1. The molecule has 0 bridgehead atoms. The Kier molecular flexibility index (Phi) is 7.45. The second-order valence-corrected chi connectivity index (χ2v) is 7.38. The Bertz CT molecular complexity index is 993. The number of benzene rings is 2. The zero-order chi connectivity index (χ0) is 21.3. The summed E-state index contributed by atoms with van der Waals surface area (Å²) in [4.78, 5) is 25.4. The van der Waals surface area contributed by atoms with E-state index < -0.39 is 5.91 Å². The van der Waals surface area contributed by atoms with Gasteiger partial charge < -0.3 is 19.8 Å². The minimum atomic E-state index is -0.466. The van der Waals surface area contributed by atoms with Gasteiger partial charge in [0.25, 0.3) is 11.1 Å². The Balaban J connectivity index is 1.55.